The quantitative estimate of drug-likeness (QED) is 0.512. The average Bonchev–Trinajstić information content (AvgIpc) is 2.79. The Morgan fingerprint density at radius 3 is 2.43 bits per heavy atom. The predicted molar refractivity (Wildman–Crippen MR) is 114 cm³/mol. The molecule has 1 aromatic rings. The smallest absolute Gasteiger partial charge is 0.408 e. The maximum atomic E-state index is 13.0. The summed E-state index contributed by atoms with van der Waals surface area (Å²) in [6.45, 7) is 1.50. The summed E-state index contributed by atoms with van der Waals surface area (Å²) in [4.78, 5) is 37.5. The van der Waals surface area contributed by atoms with Crippen molar-refractivity contribution in [2.75, 3.05) is 6.61 Å². The lowest BCUT2D eigenvalue weighted by Gasteiger charge is -2.31. The maximum Gasteiger partial charge on any atom is 0.408 e. The van der Waals surface area contributed by atoms with Gasteiger partial charge in [-0.2, -0.15) is 0 Å². The zero-order chi connectivity index (χ0) is 21.8. The lowest BCUT2D eigenvalue weighted by molar-refractivity contribution is -0.131. The second-order valence-corrected chi connectivity index (χ2v) is 7.91. The highest BCUT2D eigenvalue weighted by Gasteiger charge is 2.33. The fourth-order valence-corrected chi connectivity index (χ4v) is 3.85. The van der Waals surface area contributed by atoms with Gasteiger partial charge in [0.1, 0.15) is 19.3 Å². The van der Waals surface area contributed by atoms with Crippen LogP contribution in [0.15, 0.2) is 30.3 Å². The topological polar surface area (TPSA) is 105 Å². The van der Waals surface area contributed by atoms with E-state index in [0.29, 0.717) is 6.42 Å². The number of benzene rings is 1. The Morgan fingerprint density at radius 2 is 1.80 bits per heavy atom. The van der Waals surface area contributed by atoms with E-state index in [4.69, 9.17) is 4.74 Å². The summed E-state index contributed by atoms with van der Waals surface area (Å²) in [6, 6.07) is 7.83. The minimum absolute atomic E-state index is 0.000853. The zero-order valence-corrected chi connectivity index (χ0v) is 17.8. The number of Topliss-reactive ketones (excluding diaryl/α,β-unsaturated/α-hetero) is 1. The third-order valence-electron chi connectivity index (χ3n) is 5.60. The van der Waals surface area contributed by atoms with Crippen LogP contribution >= 0.6 is 0 Å². The lowest BCUT2D eigenvalue weighted by atomic mass is 9.83. The van der Waals surface area contributed by atoms with Crippen LogP contribution in [0.1, 0.15) is 63.9 Å². The van der Waals surface area contributed by atoms with Gasteiger partial charge in [0.2, 0.25) is 5.91 Å². The molecule has 3 N–H and O–H groups in total. The summed E-state index contributed by atoms with van der Waals surface area (Å²) in [6.07, 6.45) is 6.26. The molecule has 0 spiro atoms. The number of rotatable bonds is 11. The molecule has 1 aliphatic carbocycles. The fourth-order valence-electron chi connectivity index (χ4n) is 3.85. The number of alkyl carbamates (subject to hydrolysis) is 1. The van der Waals surface area contributed by atoms with Crippen molar-refractivity contribution in [1.82, 2.24) is 10.6 Å². The second-order valence-electron chi connectivity index (χ2n) is 7.91. The lowest BCUT2D eigenvalue weighted by Crippen LogP contribution is -2.55. The molecule has 0 heterocycles. The molecule has 7 heteroatoms. The largest absolute Gasteiger partial charge is 0.445 e. The van der Waals surface area contributed by atoms with E-state index >= 15 is 0 Å². The number of carbonyl (C=O) groups is 3. The van der Waals surface area contributed by atoms with Crippen molar-refractivity contribution in [3.05, 3.63) is 35.9 Å². The van der Waals surface area contributed by atoms with Crippen LogP contribution in [-0.2, 0) is 20.9 Å². The SMILES string of the molecule is CCCC[C@H](NC(=O)C(NC(=O)OCc1ccccc1)C1CCCCC1)C(=O)CO. The Bertz CT molecular complexity index is 673. The molecule has 30 heavy (non-hydrogen) atoms. The van der Waals surface area contributed by atoms with Crippen molar-refractivity contribution in [3.8, 4) is 0 Å². The van der Waals surface area contributed by atoms with Crippen molar-refractivity contribution in [2.24, 2.45) is 5.92 Å². The number of carbonyl (C=O) groups excluding carboxylic acids is 3. The summed E-state index contributed by atoms with van der Waals surface area (Å²) in [5.74, 6) is -0.800. The van der Waals surface area contributed by atoms with E-state index in [2.05, 4.69) is 10.6 Å². The van der Waals surface area contributed by atoms with Gasteiger partial charge in [-0.15, -0.1) is 0 Å². The van der Waals surface area contributed by atoms with E-state index in [9.17, 15) is 19.5 Å². The minimum Gasteiger partial charge on any atom is -0.445 e. The summed E-state index contributed by atoms with van der Waals surface area (Å²) in [5.41, 5.74) is 0.861. The van der Waals surface area contributed by atoms with Gasteiger partial charge in [-0.3, -0.25) is 9.59 Å². The van der Waals surface area contributed by atoms with Gasteiger partial charge in [0, 0.05) is 0 Å². The monoisotopic (exact) mass is 418 g/mol. The fraction of sp³-hybridized carbons (Fsp3) is 0.609. The van der Waals surface area contributed by atoms with Crippen LogP contribution in [0.5, 0.6) is 0 Å². The number of aliphatic hydroxyl groups excluding tert-OH is 1. The van der Waals surface area contributed by atoms with Crippen molar-refractivity contribution in [1.29, 1.82) is 0 Å². The Hall–Kier alpha value is -2.41. The summed E-state index contributed by atoms with van der Waals surface area (Å²) in [5, 5.41) is 14.7. The molecule has 0 saturated heterocycles. The number of amides is 2. The number of nitrogens with one attached hydrogen (secondary N) is 2. The van der Waals surface area contributed by atoms with Gasteiger partial charge in [0.05, 0.1) is 6.04 Å². The van der Waals surface area contributed by atoms with Gasteiger partial charge < -0.3 is 20.5 Å². The number of hydrogen-bond donors (Lipinski definition) is 3. The third kappa shape index (κ3) is 7.78. The second kappa shape index (κ2) is 13.0. The van der Waals surface area contributed by atoms with Crippen LogP contribution in [0.3, 0.4) is 0 Å². The summed E-state index contributed by atoms with van der Waals surface area (Å²) < 4.78 is 5.30. The molecule has 166 valence electrons. The Kier molecular flexibility index (Phi) is 10.3. The van der Waals surface area contributed by atoms with E-state index < -0.39 is 30.6 Å². The van der Waals surface area contributed by atoms with Gasteiger partial charge in [-0.1, -0.05) is 69.4 Å². The van der Waals surface area contributed by atoms with Crippen molar-refractivity contribution < 1.29 is 24.2 Å². The first-order valence-electron chi connectivity index (χ1n) is 11.0. The molecule has 2 rings (SSSR count). The molecule has 1 aromatic carbocycles. The highest BCUT2D eigenvalue weighted by Crippen LogP contribution is 2.27. The van der Waals surface area contributed by atoms with E-state index in [0.717, 1.165) is 50.5 Å². The Labute approximate surface area is 178 Å². The zero-order valence-electron chi connectivity index (χ0n) is 17.8. The number of aliphatic hydroxyl groups is 1. The van der Waals surface area contributed by atoms with Gasteiger partial charge >= 0.3 is 6.09 Å². The first-order valence-corrected chi connectivity index (χ1v) is 11.0. The Balaban J connectivity index is 2.02. The first-order chi connectivity index (χ1) is 14.5. The van der Waals surface area contributed by atoms with Crippen LogP contribution in [0.2, 0.25) is 0 Å². The molecule has 0 aliphatic heterocycles. The molecule has 1 aliphatic rings. The van der Waals surface area contributed by atoms with Crippen molar-refractivity contribution >= 4 is 17.8 Å². The average molecular weight is 419 g/mol. The molecule has 0 radical (unpaired) electrons. The number of unbranched alkanes of at least 4 members (excludes halogenated alkanes) is 1. The highest BCUT2D eigenvalue weighted by molar-refractivity contribution is 5.92. The van der Waals surface area contributed by atoms with Crippen molar-refractivity contribution in [2.45, 2.75) is 77.0 Å². The van der Waals surface area contributed by atoms with E-state index in [1.807, 2.05) is 37.3 Å². The first kappa shape index (κ1) is 23.9. The van der Waals surface area contributed by atoms with Gasteiger partial charge in [0.25, 0.3) is 0 Å². The van der Waals surface area contributed by atoms with Crippen LogP contribution in [0.25, 0.3) is 0 Å². The number of ether oxygens (including phenoxy) is 1. The molecule has 7 nitrogen and oxygen atoms in total. The van der Waals surface area contributed by atoms with Crippen LogP contribution in [0, 0.1) is 5.92 Å². The molecule has 1 fully saturated rings. The summed E-state index contributed by atoms with van der Waals surface area (Å²) in [7, 11) is 0. The van der Waals surface area contributed by atoms with Crippen LogP contribution in [-0.4, -0.2) is 41.6 Å². The molecular weight excluding hydrogens is 384 g/mol. The normalized spacial score (nSPS) is 16.3. The molecular formula is C23H34N2O5. The molecule has 0 aromatic heterocycles. The van der Waals surface area contributed by atoms with Gasteiger partial charge in [-0.05, 0) is 30.7 Å². The molecule has 1 unspecified atom stereocenters. The van der Waals surface area contributed by atoms with Gasteiger partial charge in [-0.25, -0.2) is 4.79 Å². The van der Waals surface area contributed by atoms with E-state index in [1.165, 1.54) is 0 Å². The van der Waals surface area contributed by atoms with Gasteiger partial charge in [0.15, 0.2) is 5.78 Å². The van der Waals surface area contributed by atoms with Crippen molar-refractivity contribution in [3.63, 3.8) is 0 Å². The molecule has 2 atom stereocenters. The number of ketones is 1. The van der Waals surface area contributed by atoms with E-state index in [-0.39, 0.29) is 18.4 Å². The minimum atomic E-state index is -0.760. The number of hydrogen-bond acceptors (Lipinski definition) is 5. The standard InChI is InChI=1S/C23H34N2O5/c1-2-3-14-19(20(27)15-26)24-22(28)21(18-12-8-5-9-13-18)25-23(29)30-16-17-10-6-4-7-11-17/h4,6-7,10-11,18-19,21,26H,2-3,5,8-9,12-16H2,1H3,(H,24,28)(H,25,29)/t19-,21?/m0/s1. The third-order valence-corrected chi connectivity index (χ3v) is 5.60. The van der Waals surface area contributed by atoms with Crippen LogP contribution < -0.4 is 10.6 Å². The Morgan fingerprint density at radius 1 is 1.10 bits per heavy atom. The molecule has 0 bridgehead atoms. The molecule has 1 saturated carbocycles. The molecule has 2 amide bonds. The van der Waals surface area contributed by atoms with Crippen LogP contribution in [0.4, 0.5) is 4.79 Å². The summed E-state index contributed by atoms with van der Waals surface area (Å²) >= 11 is 0. The predicted octanol–water partition coefficient (Wildman–Crippen LogP) is 3.10. The maximum absolute atomic E-state index is 13.0. The van der Waals surface area contributed by atoms with E-state index in [1.54, 1.807) is 0 Å². The highest BCUT2D eigenvalue weighted by atomic mass is 16.5.